The van der Waals surface area contributed by atoms with Crippen LogP contribution in [0.2, 0.25) is 0 Å². The zero-order chi connectivity index (χ0) is 18.0. The molecule has 0 amide bonds. The van der Waals surface area contributed by atoms with Crippen molar-refractivity contribution in [3.63, 3.8) is 0 Å². The third kappa shape index (κ3) is 4.76. The first-order chi connectivity index (χ1) is 11.2. The summed E-state index contributed by atoms with van der Waals surface area (Å²) in [6, 6.07) is 0. The van der Waals surface area contributed by atoms with Gasteiger partial charge in [-0.1, -0.05) is 46.4 Å². The lowest BCUT2D eigenvalue weighted by molar-refractivity contribution is -0.350. The van der Waals surface area contributed by atoms with Gasteiger partial charge in [0.05, 0.1) is 6.61 Å². The highest BCUT2D eigenvalue weighted by Gasteiger charge is 2.53. The van der Waals surface area contributed by atoms with E-state index in [0.29, 0.717) is 0 Å². The number of hydrogen-bond acceptors (Lipinski definition) is 8. The molecule has 0 spiro atoms. The normalized spacial score (nSPS) is 36.3. The number of halogens is 4. The lowest BCUT2D eigenvalue weighted by Gasteiger charge is -2.46. The van der Waals surface area contributed by atoms with Crippen LogP contribution in [0, 0.1) is 0 Å². The SMILES string of the molecule is C[C@@H]1OC[C@H]2O[C@@H](O)[C@H](OC(=O)C(Cl)Cl)[C@@H](OC(=O)C(Cl)Cl)[C@@H]2O1. The van der Waals surface area contributed by atoms with Gasteiger partial charge in [0, 0.05) is 0 Å². The molecule has 0 aromatic carbocycles. The smallest absolute Gasteiger partial charge is 0.340 e. The number of fused-ring (bicyclic) bond motifs is 1. The van der Waals surface area contributed by atoms with Crippen molar-refractivity contribution in [2.45, 2.75) is 53.6 Å². The minimum absolute atomic E-state index is 0.0659. The molecule has 1 N–H and O–H groups in total. The molecule has 2 heterocycles. The molecule has 12 heteroatoms. The van der Waals surface area contributed by atoms with Crippen molar-refractivity contribution in [2.24, 2.45) is 0 Å². The van der Waals surface area contributed by atoms with Crippen molar-refractivity contribution in [1.82, 2.24) is 0 Å². The lowest BCUT2D eigenvalue weighted by Crippen LogP contribution is -2.64. The van der Waals surface area contributed by atoms with E-state index < -0.39 is 58.6 Å². The summed E-state index contributed by atoms with van der Waals surface area (Å²) in [5, 5.41) is 10.1. The van der Waals surface area contributed by atoms with Crippen LogP contribution in [-0.2, 0) is 33.3 Å². The Balaban J connectivity index is 2.23. The molecular weight excluding hydrogens is 414 g/mol. The van der Waals surface area contributed by atoms with Gasteiger partial charge in [-0.05, 0) is 6.92 Å². The first-order valence-corrected chi connectivity index (χ1v) is 8.53. The van der Waals surface area contributed by atoms with E-state index in [4.69, 9.17) is 70.1 Å². The molecule has 0 aromatic rings. The number of carbonyl (C=O) groups excluding carboxylic acids is 2. The minimum Gasteiger partial charge on any atom is -0.453 e. The molecule has 138 valence electrons. The molecule has 0 unspecified atom stereocenters. The first-order valence-electron chi connectivity index (χ1n) is 6.78. The van der Waals surface area contributed by atoms with Gasteiger partial charge >= 0.3 is 11.9 Å². The Bertz CT molecular complexity index is 476. The topological polar surface area (TPSA) is 101 Å². The standard InChI is InChI=1S/C12H14Cl4O8/c1-3-20-2-4-5(21-3)6(23-11(18)8(13)14)7(10(17)22-4)24-12(19)9(15)16/h3-10,17H,2H2,1H3/t3-,4-,5-,6+,7-,10-/m1/s1. The van der Waals surface area contributed by atoms with Gasteiger partial charge in [-0.25, -0.2) is 9.59 Å². The average Bonchev–Trinajstić information content (AvgIpc) is 2.50. The van der Waals surface area contributed by atoms with Crippen LogP contribution >= 0.6 is 46.4 Å². The summed E-state index contributed by atoms with van der Waals surface area (Å²) in [6.45, 7) is 1.68. The van der Waals surface area contributed by atoms with Gasteiger partial charge in [0.15, 0.2) is 24.8 Å². The second-order valence-corrected chi connectivity index (χ2v) is 7.16. The van der Waals surface area contributed by atoms with E-state index in [1.54, 1.807) is 6.92 Å². The van der Waals surface area contributed by atoms with Crippen molar-refractivity contribution < 1.29 is 38.4 Å². The van der Waals surface area contributed by atoms with Crippen molar-refractivity contribution in [3.8, 4) is 0 Å². The molecule has 0 aliphatic carbocycles. The van der Waals surface area contributed by atoms with E-state index in [0.717, 1.165) is 0 Å². The highest BCUT2D eigenvalue weighted by atomic mass is 35.5. The Morgan fingerprint density at radius 3 is 2.12 bits per heavy atom. The van der Waals surface area contributed by atoms with Crippen LogP contribution in [0.5, 0.6) is 0 Å². The summed E-state index contributed by atoms with van der Waals surface area (Å²) in [5.74, 6) is -2.06. The molecule has 0 radical (unpaired) electrons. The average molecular weight is 428 g/mol. The molecular formula is C12H14Cl4O8. The van der Waals surface area contributed by atoms with E-state index in [2.05, 4.69) is 0 Å². The van der Waals surface area contributed by atoms with Gasteiger partial charge in [0.1, 0.15) is 12.2 Å². The Morgan fingerprint density at radius 2 is 1.58 bits per heavy atom. The molecule has 0 saturated carbocycles. The van der Waals surface area contributed by atoms with E-state index in [9.17, 15) is 14.7 Å². The van der Waals surface area contributed by atoms with Gasteiger partial charge in [0.2, 0.25) is 9.67 Å². The van der Waals surface area contributed by atoms with Crippen molar-refractivity contribution in [3.05, 3.63) is 0 Å². The number of aliphatic hydroxyl groups is 1. The molecule has 0 aromatic heterocycles. The van der Waals surface area contributed by atoms with Crippen LogP contribution in [0.25, 0.3) is 0 Å². The van der Waals surface area contributed by atoms with E-state index in [1.165, 1.54) is 0 Å². The van der Waals surface area contributed by atoms with E-state index in [-0.39, 0.29) is 6.61 Å². The van der Waals surface area contributed by atoms with E-state index in [1.807, 2.05) is 0 Å². The Hall–Kier alpha value is -0.0600. The molecule has 24 heavy (non-hydrogen) atoms. The van der Waals surface area contributed by atoms with Crippen molar-refractivity contribution in [1.29, 1.82) is 0 Å². The number of rotatable bonds is 4. The molecule has 2 aliphatic heterocycles. The largest absolute Gasteiger partial charge is 0.453 e. The zero-order valence-corrected chi connectivity index (χ0v) is 15.2. The minimum atomic E-state index is -1.63. The monoisotopic (exact) mass is 426 g/mol. The third-order valence-electron chi connectivity index (χ3n) is 3.31. The number of hydrogen-bond donors (Lipinski definition) is 1. The maximum absolute atomic E-state index is 11.8. The first kappa shape index (κ1) is 20.3. The molecule has 2 aliphatic rings. The summed E-state index contributed by atoms with van der Waals surface area (Å²) in [6.07, 6.45) is -6.64. The van der Waals surface area contributed by atoms with Crippen molar-refractivity contribution >= 4 is 58.3 Å². The van der Waals surface area contributed by atoms with Gasteiger partial charge in [-0.3, -0.25) is 0 Å². The van der Waals surface area contributed by atoms with Gasteiger partial charge in [-0.15, -0.1) is 0 Å². The summed E-state index contributed by atoms with van der Waals surface area (Å²) in [4.78, 5) is 20.4. The highest BCUT2D eigenvalue weighted by molar-refractivity contribution is 6.53. The van der Waals surface area contributed by atoms with Gasteiger partial charge in [-0.2, -0.15) is 0 Å². The Kier molecular flexibility index (Phi) is 7.21. The second kappa shape index (κ2) is 8.55. The van der Waals surface area contributed by atoms with Crippen LogP contribution in [0.3, 0.4) is 0 Å². The fourth-order valence-electron chi connectivity index (χ4n) is 2.32. The predicted octanol–water partition coefficient (Wildman–Crippen LogP) is 0.896. The van der Waals surface area contributed by atoms with Crippen LogP contribution < -0.4 is 0 Å². The summed E-state index contributed by atoms with van der Waals surface area (Å²) in [7, 11) is 0. The Labute approximate surface area is 157 Å². The molecule has 2 saturated heterocycles. The van der Waals surface area contributed by atoms with Crippen molar-refractivity contribution in [2.75, 3.05) is 6.61 Å². The highest BCUT2D eigenvalue weighted by Crippen LogP contribution is 2.32. The number of esters is 2. The van der Waals surface area contributed by atoms with Gasteiger partial charge in [0.25, 0.3) is 0 Å². The summed E-state index contributed by atoms with van der Waals surface area (Å²) in [5.41, 5.74) is 0. The van der Waals surface area contributed by atoms with Crippen LogP contribution in [0.15, 0.2) is 0 Å². The zero-order valence-electron chi connectivity index (χ0n) is 12.1. The molecule has 8 nitrogen and oxygen atoms in total. The quantitative estimate of drug-likeness (QED) is 0.521. The molecule has 2 rings (SSSR count). The van der Waals surface area contributed by atoms with Crippen LogP contribution in [-0.4, -0.2) is 70.3 Å². The molecule has 0 bridgehead atoms. The lowest BCUT2D eigenvalue weighted by atomic mass is 9.97. The maximum atomic E-state index is 11.8. The fraction of sp³-hybridized carbons (Fsp3) is 0.833. The van der Waals surface area contributed by atoms with Crippen LogP contribution in [0.4, 0.5) is 0 Å². The predicted molar refractivity (Wildman–Crippen MR) is 81.9 cm³/mol. The van der Waals surface area contributed by atoms with Gasteiger partial charge < -0.3 is 28.8 Å². The van der Waals surface area contributed by atoms with E-state index >= 15 is 0 Å². The number of carbonyl (C=O) groups is 2. The molecule has 6 atom stereocenters. The number of alkyl halides is 4. The van der Waals surface area contributed by atoms with Crippen LogP contribution in [0.1, 0.15) is 6.92 Å². The molecule has 2 fully saturated rings. The summed E-state index contributed by atoms with van der Waals surface area (Å²) < 4.78 is 26.2. The number of aliphatic hydroxyl groups excluding tert-OH is 1. The summed E-state index contributed by atoms with van der Waals surface area (Å²) >= 11 is 21.8. The fourth-order valence-corrected chi connectivity index (χ4v) is 2.52. The Morgan fingerprint density at radius 1 is 1.04 bits per heavy atom. The second-order valence-electron chi connectivity index (χ2n) is 4.97. The maximum Gasteiger partial charge on any atom is 0.340 e. The third-order valence-corrected chi connectivity index (χ3v) is 4.03. The number of ether oxygens (including phenoxy) is 5.